The van der Waals surface area contributed by atoms with E-state index in [1.807, 2.05) is 78.4 Å². The van der Waals surface area contributed by atoms with Crippen molar-refractivity contribution in [3.05, 3.63) is 76.9 Å². The summed E-state index contributed by atoms with van der Waals surface area (Å²) in [6.45, 7) is 4.01. The highest BCUT2D eigenvalue weighted by Crippen LogP contribution is 2.24. The van der Waals surface area contributed by atoms with Gasteiger partial charge in [-0.1, -0.05) is 48.5 Å². The lowest BCUT2D eigenvalue weighted by molar-refractivity contribution is -0.115. The molecule has 2 heterocycles. The molecule has 0 bridgehead atoms. The molecule has 0 saturated carbocycles. The van der Waals surface area contributed by atoms with E-state index in [2.05, 4.69) is 10.3 Å². The summed E-state index contributed by atoms with van der Waals surface area (Å²) >= 11 is 1.56. The maximum absolute atomic E-state index is 12.6. The van der Waals surface area contributed by atoms with E-state index in [1.165, 1.54) is 0 Å². The summed E-state index contributed by atoms with van der Waals surface area (Å²) in [5.74, 6) is -0.0166. The van der Waals surface area contributed by atoms with E-state index in [0.29, 0.717) is 6.42 Å². The van der Waals surface area contributed by atoms with Gasteiger partial charge in [0.2, 0.25) is 5.91 Å². The Bertz CT molecular complexity index is 1060. The second kappa shape index (κ2) is 6.77. The van der Waals surface area contributed by atoms with Crippen LogP contribution >= 0.6 is 11.3 Å². The number of aromatic nitrogens is 2. The molecular weight excluding hydrogens is 342 g/mol. The highest BCUT2D eigenvalue weighted by atomic mass is 32.1. The third-order valence-corrected chi connectivity index (χ3v) is 5.33. The van der Waals surface area contributed by atoms with E-state index >= 15 is 0 Å². The number of fused-ring (bicyclic) bond motifs is 1. The molecule has 0 radical (unpaired) electrons. The Morgan fingerprint density at radius 3 is 2.54 bits per heavy atom. The Labute approximate surface area is 156 Å². The third kappa shape index (κ3) is 3.13. The smallest absolute Gasteiger partial charge is 0.230 e. The average molecular weight is 361 g/mol. The fraction of sp³-hybridized carbons (Fsp3) is 0.143. The molecule has 0 saturated heterocycles. The molecule has 0 atom stereocenters. The van der Waals surface area contributed by atoms with Gasteiger partial charge in [-0.2, -0.15) is 0 Å². The minimum atomic E-state index is -0.0166. The number of nitrogens with one attached hydrogen (secondary N) is 1. The molecule has 130 valence electrons. The third-order valence-electron chi connectivity index (χ3n) is 4.44. The van der Waals surface area contributed by atoms with Crippen LogP contribution in [0.5, 0.6) is 0 Å². The zero-order valence-electron chi connectivity index (χ0n) is 14.7. The number of hydrogen-bond donors (Lipinski definition) is 1. The summed E-state index contributed by atoms with van der Waals surface area (Å²) < 4.78 is 2.01. The van der Waals surface area contributed by atoms with Crippen molar-refractivity contribution in [3.8, 4) is 11.3 Å². The van der Waals surface area contributed by atoms with Crippen molar-refractivity contribution in [2.24, 2.45) is 0 Å². The normalized spacial score (nSPS) is 11.0. The summed E-state index contributed by atoms with van der Waals surface area (Å²) in [5.41, 5.74) is 6.00. The number of hydrogen-bond acceptors (Lipinski definition) is 3. The van der Waals surface area contributed by atoms with E-state index in [-0.39, 0.29) is 5.91 Å². The lowest BCUT2D eigenvalue weighted by Crippen LogP contribution is -2.16. The molecule has 4 rings (SSSR count). The van der Waals surface area contributed by atoms with Crippen LogP contribution in [-0.4, -0.2) is 15.3 Å². The lowest BCUT2D eigenvalue weighted by Gasteiger charge is -2.11. The van der Waals surface area contributed by atoms with Crippen molar-refractivity contribution in [2.45, 2.75) is 20.3 Å². The molecular formula is C21H19N3OS. The quantitative estimate of drug-likeness (QED) is 0.564. The Balaban J connectivity index is 1.57. The number of para-hydroxylation sites is 1. The van der Waals surface area contributed by atoms with Gasteiger partial charge in [-0.05, 0) is 25.0 Å². The summed E-state index contributed by atoms with van der Waals surface area (Å²) in [6, 6.07) is 16.1. The van der Waals surface area contributed by atoms with Gasteiger partial charge in [0.25, 0.3) is 0 Å². The van der Waals surface area contributed by atoms with Gasteiger partial charge in [0.05, 0.1) is 12.1 Å². The minimum absolute atomic E-state index is 0.0166. The van der Waals surface area contributed by atoms with Gasteiger partial charge in [-0.3, -0.25) is 9.20 Å². The van der Waals surface area contributed by atoms with Crippen molar-refractivity contribution in [2.75, 3.05) is 5.32 Å². The molecule has 0 fully saturated rings. The van der Waals surface area contributed by atoms with Crippen LogP contribution < -0.4 is 5.32 Å². The predicted octanol–water partition coefficient (Wildman–Crippen LogP) is 4.86. The summed E-state index contributed by atoms with van der Waals surface area (Å²) in [7, 11) is 0. The molecule has 1 amide bonds. The van der Waals surface area contributed by atoms with Crippen molar-refractivity contribution in [1.29, 1.82) is 0 Å². The maximum Gasteiger partial charge on any atom is 0.230 e. The summed E-state index contributed by atoms with van der Waals surface area (Å²) in [4.78, 5) is 18.1. The summed E-state index contributed by atoms with van der Waals surface area (Å²) in [6.07, 6.45) is 2.32. The van der Waals surface area contributed by atoms with Gasteiger partial charge in [0.1, 0.15) is 0 Å². The van der Waals surface area contributed by atoms with Gasteiger partial charge < -0.3 is 5.32 Å². The number of rotatable bonds is 4. The van der Waals surface area contributed by atoms with Gasteiger partial charge in [0, 0.05) is 28.5 Å². The molecule has 4 nitrogen and oxygen atoms in total. The zero-order valence-corrected chi connectivity index (χ0v) is 15.5. The molecule has 0 unspecified atom stereocenters. The van der Waals surface area contributed by atoms with Crippen molar-refractivity contribution in [1.82, 2.24) is 9.38 Å². The number of aryl methyl sites for hydroxylation is 2. The van der Waals surface area contributed by atoms with Crippen LogP contribution in [0.4, 0.5) is 5.69 Å². The van der Waals surface area contributed by atoms with Crippen LogP contribution in [-0.2, 0) is 11.2 Å². The average Bonchev–Trinajstić information content (AvgIpc) is 3.21. The molecule has 0 spiro atoms. The zero-order chi connectivity index (χ0) is 18.1. The van der Waals surface area contributed by atoms with Crippen LogP contribution in [0.25, 0.3) is 16.2 Å². The van der Waals surface area contributed by atoms with Crippen molar-refractivity contribution in [3.63, 3.8) is 0 Å². The molecule has 5 heteroatoms. The molecule has 1 N–H and O–H groups in total. The lowest BCUT2D eigenvalue weighted by atomic mass is 10.1. The SMILES string of the molecule is Cc1cccc(C)c1NC(=O)Cc1csc2nc(-c3ccccc3)cn12. The number of nitrogens with zero attached hydrogens (tertiary/aromatic N) is 2. The predicted molar refractivity (Wildman–Crippen MR) is 107 cm³/mol. The molecule has 2 aromatic heterocycles. The number of imidazole rings is 1. The minimum Gasteiger partial charge on any atom is -0.325 e. The van der Waals surface area contributed by atoms with Gasteiger partial charge >= 0.3 is 0 Å². The Kier molecular flexibility index (Phi) is 4.31. The molecule has 0 aliphatic carbocycles. The highest BCUT2D eigenvalue weighted by Gasteiger charge is 2.14. The number of amides is 1. The van der Waals surface area contributed by atoms with E-state index in [9.17, 15) is 4.79 Å². The van der Waals surface area contributed by atoms with E-state index in [1.54, 1.807) is 11.3 Å². The monoisotopic (exact) mass is 361 g/mol. The van der Waals surface area contributed by atoms with Gasteiger partial charge in [0.15, 0.2) is 4.96 Å². The Morgan fingerprint density at radius 2 is 1.81 bits per heavy atom. The first-order valence-electron chi connectivity index (χ1n) is 8.49. The van der Waals surface area contributed by atoms with Crippen LogP contribution in [0.3, 0.4) is 0 Å². The van der Waals surface area contributed by atoms with Crippen LogP contribution in [0.2, 0.25) is 0 Å². The number of carbonyl (C=O) groups is 1. The highest BCUT2D eigenvalue weighted by molar-refractivity contribution is 7.15. The van der Waals surface area contributed by atoms with Crippen molar-refractivity contribution >= 4 is 27.9 Å². The van der Waals surface area contributed by atoms with Crippen LogP contribution in [0, 0.1) is 13.8 Å². The molecule has 0 aliphatic rings. The first-order chi connectivity index (χ1) is 12.6. The maximum atomic E-state index is 12.6. The Morgan fingerprint density at radius 1 is 1.08 bits per heavy atom. The van der Waals surface area contributed by atoms with Gasteiger partial charge in [-0.25, -0.2) is 4.98 Å². The van der Waals surface area contributed by atoms with Crippen LogP contribution in [0.15, 0.2) is 60.1 Å². The summed E-state index contributed by atoms with van der Waals surface area (Å²) in [5, 5.41) is 5.05. The van der Waals surface area contributed by atoms with Crippen LogP contribution in [0.1, 0.15) is 16.8 Å². The molecule has 26 heavy (non-hydrogen) atoms. The van der Waals surface area contributed by atoms with E-state index in [4.69, 9.17) is 0 Å². The number of benzene rings is 2. The first-order valence-corrected chi connectivity index (χ1v) is 9.37. The second-order valence-electron chi connectivity index (χ2n) is 6.36. The number of anilines is 1. The van der Waals surface area contributed by atoms with E-state index < -0.39 is 0 Å². The first kappa shape index (κ1) is 16.5. The molecule has 4 aromatic rings. The molecule has 0 aliphatic heterocycles. The topological polar surface area (TPSA) is 46.4 Å². The fourth-order valence-electron chi connectivity index (χ4n) is 3.06. The van der Waals surface area contributed by atoms with E-state index in [0.717, 1.165) is 38.7 Å². The fourth-order valence-corrected chi connectivity index (χ4v) is 3.94. The molecule has 2 aromatic carbocycles. The number of carbonyl (C=O) groups excluding carboxylic acids is 1. The van der Waals surface area contributed by atoms with Crippen molar-refractivity contribution < 1.29 is 4.79 Å². The standard InChI is InChI=1S/C21H19N3OS/c1-14-7-6-8-15(2)20(14)23-19(25)11-17-13-26-21-22-18(12-24(17)21)16-9-4-3-5-10-16/h3-10,12-13H,11H2,1-2H3,(H,23,25). The number of thiazole rings is 1. The second-order valence-corrected chi connectivity index (χ2v) is 7.20. The largest absolute Gasteiger partial charge is 0.325 e. The Hall–Kier alpha value is -2.92. The van der Waals surface area contributed by atoms with Gasteiger partial charge in [-0.15, -0.1) is 11.3 Å².